The van der Waals surface area contributed by atoms with Crippen molar-refractivity contribution in [2.45, 2.75) is 51.0 Å². The highest BCUT2D eigenvalue weighted by atomic mass is 14.8. The molecule has 0 aromatic carbocycles. The van der Waals surface area contributed by atoms with Gasteiger partial charge in [0, 0.05) is 12.2 Å². The van der Waals surface area contributed by atoms with Gasteiger partial charge in [-0.3, -0.25) is 4.98 Å². The molecule has 1 unspecified atom stereocenters. The zero-order chi connectivity index (χ0) is 12.9. The average Bonchev–Trinajstić information content (AvgIpc) is 2.37. The van der Waals surface area contributed by atoms with Gasteiger partial charge in [-0.25, -0.2) is 0 Å². The predicted molar refractivity (Wildman–Crippen MR) is 76.4 cm³/mol. The Morgan fingerprint density at radius 3 is 2.26 bits per heavy atom. The van der Waals surface area contributed by atoms with E-state index < -0.39 is 0 Å². The van der Waals surface area contributed by atoms with Gasteiger partial charge in [-0.15, -0.1) is 0 Å². The molecular formula is C17H24N2. The van der Waals surface area contributed by atoms with Crippen LogP contribution in [-0.4, -0.2) is 4.98 Å². The quantitative estimate of drug-likeness (QED) is 0.895. The third kappa shape index (κ3) is 2.10. The molecule has 2 heteroatoms. The van der Waals surface area contributed by atoms with Gasteiger partial charge in [0.1, 0.15) is 0 Å². The van der Waals surface area contributed by atoms with Crippen LogP contribution in [-0.2, 0) is 0 Å². The first-order valence-electron chi connectivity index (χ1n) is 7.89. The first kappa shape index (κ1) is 11.9. The molecule has 0 radical (unpaired) electrons. The summed E-state index contributed by atoms with van der Waals surface area (Å²) in [5.41, 5.74) is 8.10. The molecule has 2 nitrogen and oxygen atoms in total. The number of pyridine rings is 1. The molecule has 4 fully saturated rings. The topological polar surface area (TPSA) is 38.9 Å². The first-order valence-corrected chi connectivity index (χ1v) is 7.89. The standard InChI is InChI=1S/C17H24N2/c18-15(16-3-1-2-4-19-16)11-17-8-12-5-13(9-17)7-14(6-12)10-17/h1-4,12-15H,5-11,18H2. The van der Waals surface area contributed by atoms with Crippen molar-refractivity contribution < 1.29 is 0 Å². The lowest BCUT2D eigenvalue weighted by atomic mass is 9.48. The SMILES string of the molecule is NC(CC12CC3CC(CC(C3)C1)C2)c1ccccn1. The molecule has 0 aliphatic heterocycles. The summed E-state index contributed by atoms with van der Waals surface area (Å²) in [6.07, 6.45) is 11.9. The Hall–Kier alpha value is -0.890. The highest BCUT2D eigenvalue weighted by molar-refractivity contribution is 5.11. The maximum atomic E-state index is 6.45. The fraction of sp³-hybridized carbons (Fsp3) is 0.706. The van der Waals surface area contributed by atoms with Crippen molar-refractivity contribution in [2.24, 2.45) is 28.9 Å². The lowest BCUT2D eigenvalue weighted by Crippen LogP contribution is -2.47. The van der Waals surface area contributed by atoms with E-state index in [2.05, 4.69) is 17.1 Å². The lowest BCUT2D eigenvalue weighted by Gasteiger charge is -2.57. The van der Waals surface area contributed by atoms with Gasteiger partial charge in [0.2, 0.25) is 0 Å². The van der Waals surface area contributed by atoms with E-state index in [1.807, 2.05) is 12.3 Å². The predicted octanol–water partition coefficient (Wildman–Crippen LogP) is 3.69. The Labute approximate surface area is 115 Å². The molecule has 1 aromatic heterocycles. The van der Waals surface area contributed by atoms with Gasteiger partial charge in [0.25, 0.3) is 0 Å². The fourth-order valence-corrected chi connectivity index (χ4v) is 5.71. The highest BCUT2D eigenvalue weighted by Crippen LogP contribution is 2.62. The summed E-state index contributed by atoms with van der Waals surface area (Å²) in [6, 6.07) is 6.26. The van der Waals surface area contributed by atoms with Crippen LogP contribution in [0.3, 0.4) is 0 Å². The summed E-state index contributed by atoms with van der Waals surface area (Å²) < 4.78 is 0. The number of nitrogens with zero attached hydrogens (tertiary/aromatic N) is 1. The summed E-state index contributed by atoms with van der Waals surface area (Å²) in [5, 5.41) is 0. The molecular weight excluding hydrogens is 232 g/mol. The normalized spacial score (nSPS) is 41.4. The molecule has 1 aromatic rings. The van der Waals surface area contributed by atoms with Crippen LogP contribution in [0.25, 0.3) is 0 Å². The van der Waals surface area contributed by atoms with E-state index in [4.69, 9.17) is 5.73 Å². The van der Waals surface area contributed by atoms with Crippen LogP contribution in [0.15, 0.2) is 24.4 Å². The van der Waals surface area contributed by atoms with E-state index in [0.29, 0.717) is 5.41 Å². The second-order valence-electron chi connectivity index (χ2n) is 7.48. The van der Waals surface area contributed by atoms with Gasteiger partial charge in [-0.1, -0.05) is 6.07 Å². The maximum absolute atomic E-state index is 6.45. The molecule has 2 N–H and O–H groups in total. The van der Waals surface area contributed by atoms with E-state index in [1.165, 1.54) is 38.5 Å². The Morgan fingerprint density at radius 2 is 1.74 bits per heavy atom. The Morgan fingerprint density at radius 1 is 1.11 bits per heavy atom. The number of rotatable bonds is 3. The molecule has 4 aliphatic rings. The van der Waals surface area contributed by atoms with Gasteiger partial charge < -0.3 is 5.73 Å². The van der Waals surface area contributed by atoms with E-state index in [-0.39, 0.29) is 6.04 Å². The molecule has 4 saturated carbocycles. The van der Waals surface area contributed by atoms with Crippen molar-refractivity contribution in [1.82, 2.24) is 4.98 Å². The molecule has 0 spiro atoms. The van der Waals surface area contributed by atoms with Crippen LogP contribution in [0.2, 0.25) is 0 Å². The molecule has 5 rings (SSSR count). The molecule has 4 bridgehead atoms. The van der Waals surface area contributed by atoms with Gasteiger partial charge in [-0.2, -0.15) is 0 Å². The Bertz CT molecular complexity index is 418. The Kier molecular flexibility index (Phi) is 2.70. The molecule has 0 amide bonds. The van der Waals surface area contributed by atoms with Crippen LogP contribution in [0.1, 0.15) is 56.7 Å². The minimum Gasteiger partial charge on any atom is -0.323 e. The summed E-state index contributed by atoms with van der Waals surface area (Å²) in [4.78, 5) is 4.45. The molecule has 0 saturated heterocycles. The van der Waals surface area contributed by atoms with Gasteiger partial charge in [0.05, 0.1) is 5.69 Å². The van der Waals surface area contributed by atoms with E-state index >= 15 is 0 Å². The zero-order valence-electron chi connectivity index (χ0n) is 11.6. The minimum atomic E-state index is 0.137. The fourth-order valence-electron chi connectivity index (χ4n) is 5.71. The summed E-state index contributed by atoms with van der Waals surface area (Å²) in [5.74, 6) is 3.05. The average molecular weight is 256 g/mol. The van der Waals surface area contributed by atoms with Crippen molar-refractivity contribution in [3.63, 3.8) is 0 Å². The summed E-state index contributed by atoms with van der Waals surface area (Å²) >= 11 is 0. The van der Waals surface area contributed by atoms with Crippen LogP contribution in [0, 0.1) is 23.2 Å². The van der Waals surface area contributed by atoms with Crippen LogP contribution in [0.4, 0.5) is 0 Å². The third-order valence-corrected chi connectivity index (χ3v) is 5.89. The second-order valence-corrected chi connectivity index (χ2v) is 7.48. The number of nitrogens with two attached hydrogens (primary N) is 1. The summed E-state index contributed by atoms with van der Waals surface area (Å²) in [6.45, 7) is 0. The largest absolute Gasteiger partial charge is 0.323 e. The molecule has 19 heavy (non-hydrogen) atoms. The number of hydrogen-bond acceptors (Lipinski definition) is 2. The lowest BCUT2D eigenvalue weighted by molar-refractivity contribution is -0.0606. The van der Waals surface area contributed by atoms with Gasteiger partial charge in [-0.05, 0) is 80.2 Å². The second kappa shape index (κ2) is 4.31. The van der Waals surface area contributed by atoms with Crippen LogP contribution in [0.5, 0.6) is 0 Å². The van der Waals surface area contributed by atoms with Crippen molar-refractivity contribution in [1.29, 1.82) is 0 Å². The maximum Gasteiger partial charge on any atom is 0.0571 e. The van der Waals surface area contributed by atoms with Crippen molar-refractivity contribution in [2.75, 3.05) is 0 Å². The molecule has 4 aliphatic carbocycles. The molecule has 102 valence electrons. The molecule has 1 heterocycles. The zero-order valence-corrected chi connectivity index (χ0v) is 11.6. The van der Waals surface area contributed by atoms with Gasteiger partial charge in [0.15, 0.2) is 0 Å². The van der Waals surface area contributed by atoms with E-state index in [1.54, 1.807) is 0 Å². The van der Waals surface area contributed by atoms with Crippen molar-refractivity contribution in [3.8, 4) is 0 Å². The van der Waals surface area contributed by atoms with Crippen LogP contribution < -0.4 is 5.73 Å². The summed E-state index contributed by atoms with van der Waals surface area (Å²) in [7, 11) is 0. The monoisotopic (exact) mass is 256 g/mol. The van der Waals surface area contributed by atoms with E-state index in [0.717, 1.165) is 29.9 Å². The number of aromatic nitrogens is 1. The van der Waals surface area contributed by atoms with Crippen molar-refractivity contribution >= 4 is 0 Å². The minimum absolute atomic E-state index is 0.137. The Balaban J connectivity index is 1.53. The number of hydrogen-bond donors (Lipinski definition) is 1. The van der Waals surface area contributed by atoms with E-state index in [9.17, 15) is 0 Å². The first-order chi connectivity index (χ1) is 9.22. The van der Waals surface area contributed by atoms with Gasteiger partial charge >= 0.3 is 0 Å². The smallest absolute Gasteiger partial charge is 0.0571 e. The highest BCUT2D eigenvalue weighted by Gasteiger charge is 2.51. The van der Waals surface area contributed by atoms with Crippen molar-refractivity contribution in [3.05, 3.63) is 30.1 Å². The van der Waals surface area contributed by atoms with Crippen LogP contribution >= 0.6 is 0 Å². The third-order valence-electron chi connectivity index (χ3n) is 5.89. The molecule has 1 atom stereocenters.